The molecular formula is C18H17F3N2OS2. The highest BCUT2D eigenvalue weighted by molar-refractivity contribution is 7.99. The van der Waals surface area contributed by atoms with Crippen LogP contribution in [0, 0.1) is 5.82 Å². The number of halogens is 3. The fourth-order valence-corrected chi connectivity index (χ4v) is 3.42. The van der Waals surface area contributed by atoms with Gasteiger partial charge in [0.1, 0.15) is 11.9 Å². The van der Waals surface area contributed by atoms with Crippen molar-refractivity contribution in [3.8, 4) is 0 Å². The standard InChI is InChI=1S/C18H17F3N2OS2/c19-13-3-1-12(2-4-13)16-11-23(9-10-24-16)18(25)22-14-5-7-15(8-6-14)26-17(20)21/h1-8,16-17H,9-11H2,(H,22,25). The van der Waals surface area contributed by atoms with Crippen LogP contribution in [0.2, 0.25) is 0 Å². The second-order valence-electron chi connectivity index (χ2n) is 5.69. The van der Waals surface area contributed by atoms with E-state index in [0.717, 1.165) is 11.3 Å². The molecular weight excluding hydrogens is 381 g/mol. The van der Waals surface area contributed by atoms with Crippen LogP contribution in [-0.2, 0) is 4.74 Å². The molecule has 0 amide bonds. The monoisotopic (exact) mass is 398 g/mol. The Morgan fingerprint density at radius 2 is 1.85 bits per heavy atom. The number of nitrogens with one attached hydrogen (secondary N) is 1. The van der Waals surface area contributed by atoms with E-state index >= 15 is 0 Å². The number of alkyl halides is 2. The maximum absolute atomic E-state index is 13.1. The summed E-state index contributed by atoms with van der Waals surface area (Å²) in [7, 11) is 0. The number of ether oxygens (including phenoxy) is 1. The van der Waals surface area contributed by atoms with Crippen LogP contribution >= 0.6 is 24.0 Å². The number of hydrogen-bond donors (Lipinski definition) is 1. The molecule has 0 aromatic heterocycles. The van der Waals surface area contributed by atoms with Crippen LogP contribution in [0.15, 0.2) is 53.4 Å². The second kappa shape index (κ2) is 8.75. The second-order valence-corrected chi connectivity index (χ2v) is 7.14. The van der Waals surface area contributed by atoms with E-state index in [1.54, 1.807) is 36.4 Å². The smallest absolute Gasteiger partial charge is 0.288 e. The summed E-state index contributed by atoms with van der Waals surface area (Å²) >= 11 is 5.96. The molecule has 0 radical (unpaired) electrons. The SMILES string of the molecule is Fc1ccc(C2CN(C(=S)Nc3ccc(SC(F)F)cc3)CCO2)cc1. The van der Waals surface area contributed by atoms with Gasteiger partial charge in [0.15, 0.2) is 5.11 Å². The minimum absolute atomic E-state index is 0.186. The molecule has 1 heterocycles. The zero-order chi connectivity index (χ0) is 18.5. The predicted molar refractivity (Wildman–Crippen MR) is 101 cm³/mol. The van der Waals surface area contributed by atoms with Crippen LogP contribution in [-0.4, -0.2) is 35.5 Å². The summed E-state index contributed by atoms with van der Waals surface area (Å²) < 4.78 is 43.6. The lowest BCUT2D eigenvalue weighted by Crippen LogP contribution is -2.44. The van der Waals surface area contributed by atoms with Gasteiger partial charge in [-0.25, -0.2) is 4.39 Å². The van der Waals surface area contributed by atoms with Gasteiger partial charge in [-0.15, -0.1) is 0 Å². The molecule has 1 N–H and O–H groups in total. The molecule has 2 aromatic carbocycles. The minimum atomic E-state index is -2.44. The molecule has 8 heteroatoms. The topological polar surface area (TPSA) is 24.5 Å². The molecule has 1 unspecified atom stereocenters. The highest BCUT2D eigenvalue weighted by Crippen LogP contribution is 2.27. The van der Waals surface area contributed by atoms with Gasteiger partial charge >= 0.3 is 0 Å². The quantitative estimate of drug-likeness (QED) is 0.583. The summed E-state index contributed by atoms with van der Waals surface area (Å²) in [4.78, 5) is 2.48. The van der Waals surface area contributed by atoms with Crippen molar-refractivity contribution in [1.82, 2.24) is 4.90 Å². The average Bonchev–Trinajstić information content (AvgIpc) is 2.63. The molecule has 0 bridgehead atoms. The van der Waals surface area contributed by atoms with Crippen molar-refractivity contribution in [1.29, 1.82) is 0 Å². The van der Waals surface area contributed by atoms with Gasteiger partial charge in [-0.3, -0.25) is 0 Å². The molecule has 1 aliphatic heterocycles. The van der Waals surface area contributed by atoms with Crippen molar-refractivity contribution in [2.24, 2.45) is 0 Å². The Kier molecular flexibility index (Phi) is 6.39. The van der Waals surface area contributed by atoms with Crippen LogP contribution in [0.25, 0.3) is 0 Å². The van der Waals surface area contributed by atoms with Crippen molar-refractivity contribution in [2.45, 2.75) is 16.8 Å². The summed E-state index contributed by atoms with van der Waals surface area (Å²) in [5.41, 5.74) is 1.63. The van der Waals surface area contributed by atoms with E-state index in [1.807, 2.05) is 4.90 Å². The van der Waals surface area contributed by atoms with E-state index in [9.17, 15) is 13.2 Å². The molecule has 0 saturated carbocycles. The average molecular weight is 398 g/mol. The summed E-state index contributed by atoms with van der Waals surface area (Å²) in [5, 5.41) is 3.66. The van der Waals surface area contributed by atoms with Crippen molar-refractivity contribution in [2.75, 3.05) is 25.0 Å². The van der Waals surface area contributed by atoms with Gasteiger partial charge in [-0.05, 0) is 54.2 Å². The van der Waals surface area contributed by atoms with E-state index in [0.29, 0.717) is 41.5 Å². The van der Waals surface area contributed by atoms with Gasteiger partial charge < -0.3 is 15.0 Å². The summed E-state index contributed by atoms with van der Waals surface area (Å²) in [6, 6.07) is 12.9. The lowest BCUT2D eigenvalue weighted by Gasteiger charge is -2.35. The first-order valence-electron chi connectivity index (χ1n) is 7.99. The lowest BCUT2D eigenvalue weighted by atomic mass is 10.1. The van der Waals surface area contributed by atoms with Crippen LogP contribution in [0.3, 0.4) is 0 Å². The molecule has 0 aliphatic carbocycles. The Bertz CT molecular complexity index is 741. The van der Waals surface area contributed by atoms with Crippen LogP contribution in [0.1, 0.15) is 11.7 Å². The third kappa shape index (κ3) is 5.12. The summed E-state index contributed by atoms with van der Waals surface area (Å²) in [6.45, 7) is 1.70. The van der Waals surface area contributed by atoms with E-state index < -0.39 is 5.76 Å². The molecule has 1 aliphatic rings. The number of thioether (sulfide) groups is 1. The fraction of sp³-hybridized carbons (Fsp3) is 0.278. The van der Waals surface area contributed by atoms with Gasteiger partial charge in [0, 0.05) is 17.1 Å². The maximum Gasteiger partial charge on any atom is 0.288 e. The normalized spacial score (nSPS) is 17.4. The third-order valence-corrected chi connectivity index (χ3v) is 5.01. The minimum Gasteiger partial charge on any atom is -0.370 e. The van der Waals surface area contributed by atoms with Gasteiger partial charge in [-0.2, -0.15) is 8.78 Å². The zero-order valence-corrected chi connectivity index (χ0v) is 15.3. The molecule has 138 valence electrons. The Labute approximate surface area is 159 Å². The molecule has 2 aromatic rings. The van der Waals surface area contributed by atoms with Gasteiger partial charge in [0.05, 0.1) is 13.2 Å². The highest BCUT2D eigenvalue weighted by atomic mass is 32.2. The van der Waals surface area contributed by atoms with E-state index in [1.165, 1.54) is 12.1 Å². The van der Waals surface area contributed by atoms with Crippen molar-refractivity contribution < 1.29 is 17.9 Å². The van der Waals surface area contributed by atoms with Gasteiger partial charge in [0.2, 0.25) is 0 Å². The largest absolute Gasteiger partial charge is 0.370 e. The first kappa shape index (κ1) is 19.0. The number of hydrogen-bond acceptors (Lipinski definition) is 3. The van der Waals surface area contributed by atoms with Crippen LogP contribution < -0.4 is 5.32 Å². The highest BCUT2D eigenvalue weighted by Gasteiger charge is 2.23. The number of morpholine rings is 1. The molecule has 1 saturated heterocycles. The Morgan fingerprint density at radius 3 is 2.50 bits per heavy atom. The summed E-state index contributed by atoms with van der Waals surface area (Å²) in [6.07, 6.45) is -0.186. The van der Waals surface area contributed by atoms with Crippen molar-refractivity contribution >= 4 is 34.8 Å². The van der Waals surface area contributed by atoms with Gasteiger partial charge in [0.25, 0.3) is 5.76 Å². The Morgan fingerprint density at radius 1 is 1.15 bits per heavy atom. The van der Waals surface area contributed by atoms with Crippen LogP contribution in [0.5, 0.6) is 0 Å². The van der Waals surface area contributed by atoms with Crippen LogP contribution in [0.4, 0.5) is 18.9 Å². The number of benzene rings is 2. The molecule has 1 fully saturated rings. The third-order valence-electron chi connectivity index (χ3n) is 3.93. The van der Waals surface area contributed by atoms with Crippen molar-refractivity contribution in [3.63, 3.8) is 0 Å². The number of thiocarbonyl (C=S) groups is 1. The molecule has 3 rings (SSSR count). The number of anilines is 1. The zero-order valence-electron chi connectivity index (χ0n) is 13.7. The van der Waals surface area contributed by atoms with Crippen molar-refractivity contribution in [3.05, 3.63) is 59.9 Å². The number of nitrogens with zero attached hydrogens (tertiary/aromatic N) is 1. The lowest BCUT2D eigenvalue weighted by molar-refractivity contribution is -0.00616. The van der Waals surface area contributed by atoms with E-state index in [-0.39, 0.29) is 11.9 Å². The Balaban J connectivity index is 1.59. The fourth-order valence-electron chi connectivity index (χ4n) is 2.64. The Hall–Kier alpha value is -1.77. The summed E-state index contributed by atoms with van der Waals surface area (Å²) in [5.74, 6) is -2.72. The molecule has 3 nitrogen and oxygen atoms in total. The maximum atomic E-state index is 13.1. The molecule has 26 heavy (non-hydrogen) atoms. The first-order valence-corrected chi connectivity index (χ1v) is 9.28. The molecule has 0 spiro atoms. The van der Waals surface area contributed by atoms with E-state index in [4.69, 9.17) is 17.0 Å². The van der Waals surface area contributed by atoms with E-state index in [2.05, 4.69) is 5.32 Å². The first-order chi connectivity index (χ1) is 12.5. The number of rotatable bonds is 4. The van der Waals surface area contributed by atoms with Gasteiger partial charge in [-0.1, -0.05) is 23.9 Å². The molecule has 1 atom stereocenters. The predicted octanol–water partition coefficient (Wildman–Crippen LogP) is 4.91.